The lowest BCUT2D eigenvalue weighted by Crippen LogP contribution is -2.22. The molecule has 1 fully saturated rings. The Balaban J connectivity index is 1.31. The molecule has 198 valence electrons. The Morgan fingerprint density at radius 3 is 2.85 bits per heavy atom. The van der Waals surface area contributed by atoms with E-state index in [9.17, 15) is 0 Å². The first-order valence-corrected chi connectivity index (χ1v) is 14.3. The van der Waals surface area contributed by atoms with Crippen molar-refractivity contribution in [3.63, 3.8) is 0 Å². The Morgan fingerprint density at radius 1 is 1.18 bits per heavy atom. The van der Waals surface area contributed by atoms with Gasteiger partial charge >= 0.3 is 0 Å². The maximum Gasteiger partial charge on any atom is 0.159 e. The molecule has 0 atom stereocenters. The molecular weight excluding hydrogens is 502 g/mol. The van der Waals surface area contributed by atoms with Crippen LogP contribution < -0.4 is 5.32 Å². The van der Waals surface area contributed by atoms with Gasteiger partial charge in [0.15, 0.2) is 5.82 Å². The van der Waals surface area contributed by atoms with E-state index in [1.54, 1.807) is 11.3 Å². The Bertz CT molecular complexity index is 1690. The standard InChI is InChI=1S/C31H33N7S/c1-19(14-33-15-21-6-4-5-7-21)12-23(16-32-3)22-9-10-26-24(13-22)30(38-37-26)31-35-27-18-34-17-25(29(27)36-31)28-11-8-20(2)39-28/h8-13,16-18,21,33H,3-7,14-15H2,1-2H3,(H,35,36)(H,37,38)/b19-12+,23-16+. The van der Waals surface area contributed by atoms with Crippen molar-refractivity contribution >= 4 is 45.6 Å². The third-order valence-corrected chi connectivity index (χ3v) is 8.50. The lowest BCUT2D eigenvalue weighted by Gasteiger charge is -2.11. The molecule has 1 aliphatic rings. The average Bonchev–Trinajstić information content (AvgIpc) is 3.74. The van der Waals surface area contributed by atoms with Gasteiger partial charge < -0.3 is 10.3 Å². The summed E-state index contributed by atoms with van der Waals surface area (Å²) in [4.78, 5) is 19.4. The number of nitrogens with one attached hydrogen (secondary N) is 3. The van der Waals surface area contributed by atoms with Gasteiger partial charge in [-0.15, -0.1) is 11.3 Å². The number of H-pyrrole nitrogens is 2. The highest BCUT2D eigenvalue weighted by Crippen LogP contribution is 2.34. The van der Waals surface area contributed by atoms with Crippen molar-refractivity contribution in [2.24, 2.45) is 10.9 Å². The van der Waals surface area contributed by atoms with Crippen LogP contribution in [0.25, 0.3) is 49.5 Å². The Labute approximate surface area is 232 Å². The van der Waals surface area contributed by atoms with E-state index in [-0.39, 0.29) is 0 Å². The molecule has 0 bridgehead atoms. The van der Waals surface area contributed by atoms with Crippen molar-refractivity contribution in [1.29, 1.82) is 0 Å². The minimum absolute atomic E-state index is 0.714. The van der Waals surface area contributed by atoms with Crippen LogP contribution in [0.15, 0.2) is 65.6 Å². The van der Waals surface area contributed by atoms with Crippen molar-refractivity contribution in [2.75, 3.05) is 13.1 Å². The van der Waals surface area contributed by atoms with E-state index >= 15 is 0 Å². The summed E-state index contributed by atoms with van der Waals surface area (Å²) in [5.74, 6) is 1.54. The molecule has 5 aromatic rings. The summed E-state index contributed by atoms with van der Waals surface area (Å²) < 4.78 is 0. The molecule has 1 aliphatic carbocycles. The third kappa shape index (κ3) is 5.35. The van der Waals surface area contributed by atoms with Gasteiger partial charge in [0.25, 0.3) is 0 Å². The summed E-state index contributed by atoms with van der Waals surface area (Å²) in [6.45, 7) is 9.94. The fourth-order valence-electron chi connectivity index (χ4n) is 5.48. The zero-order valence-corrected chi connectivity index (χ0v) is 23.2. The number of hydrogen-bond acceptors (Lipinski definition) is 6. The fourth-order valence-corrected chi connectivity index (χ4v) is 6.36. The second-order valence-electron chi connectivity index (χ2n) is 10.5. The molecule has 4 aromatic heterocycles. The number of nitrogens with zero attached hydrogens (tertiary/aromatic N) is 4. The SMILES string of the molecule is C=N/C=C(\C=C(/C)CNCC1CCCC1)c1ccc2[nH]nc(-c3nc4c(-c5ccc(C)s5)cncc4[nH]3)c2c1. The van der Waals surface area contributed by atoms with Crippen molar-refractivity contribution in [3.8, 4) is 22.0 Å². The predicted molar refractivity (Wildman–Crippen MR) is 163 cm³/mol. The minimum atomic E-state index is 0.714. The molecule has 0 saturated heterocycles. The maximum atomic E-state index is 4.98. The molecule has 1 aromatic carbocycles. The molecule has 39 heavy (non-hydrogen) atoms. The van der Waals surface area contributed by atoms with Crippen LogP contribution in [-0.4, -0.2) is 45.0 Å². The van der Waals surface area contributed by atoms with Gasteiger partial charge in [0.05, 0.1) is 17.2 Å². The Hall–Kier alpha value is -3.88. The van der Waals surface area contributed by atoms with Gasteiger partial charge in [-0.05, 0) is 81.3 Å². The van der Waals surface area contributed by atoms with Crippen molar-refractivity contribution in [3.05, 3.63) is 71.0 Å². The number of rotatable bonds is 9. The molecule has 3 N–H and O–H groups in total. The summed E-state index contributed by atoms with van der Waals surface area (Å²) in [5, 5.41) is 12.4. The van der Waals surface area contributed by atoms with E-state index in [1.807, 2.05) is 18.6 Å². The van der Waals surface area contributed by atoms with Gasteiger partial charge in [0, 0.05) is 39.6 Å². The van der Waals surface area contributed by atoms with Crippen LogP contribution in [0.4, 0.5) is 0 Å². The molecule has 7 nitrogen and oxygen atoms in total. The number of allylic oxidation sites excluding steroid dienone is 2. The monoisotopic (exact) mass is 535 g/mol. The van der Waals surface area contributed by atoms with Crippen LogP contribution >= 0.6 is 11.3 Å². The molecule has 8 heteroatoms. The highest BCUT2D eigenvalue weighted by atomic mass is 32.1. The first kappa shape index (κ1) is 25.4. The summed E-state index contributed by atoms with van der Waals surface area (Å²) >= 11 is 1.74. The Kier molecular flexibility index (Phi) is 7.22. The van der Waals surface area contributed by atoms with Gasteiger partial charge in [0.2, 0.25) is 0 Å². The highest BCUT2D eigenvalue weighted by Gasteiger charge is 2.17. The smallest absolute Gasteiger partial charge is 0.159 e. The maximum absolute atomic E-state index is 4.98. The molecule has 0 aliphatic heterocycles. The Morgan fingerprint density at radius 2 is 2.05 bits per heavy atom. The summed E-state index contributed by atoms with van der Waals surface area (Å²) in [5.41, 5.74) is 7.88. The van der Waals surface area contributed by atoms with Gasteiger partial charge in [0.1, 0.15) is 11.2 Å². The van der Waals surface area contributed by atoms with Crippen LogP contribution in [0.1, 0.15) is 43.0 Å². The normalized spacial score (nSPS) is 15.1. The molecule has 0 amide bonds. The molecule has 0 radical (unpaired) electrons. The van der Waals surface area contributed by atoms with E-state index in [4.69, 9.17) is 4.98 Å². The molecule has 6 rings (SSSR count). The van der Waals surface area contributed by atoms with E-state index in [2.05, 4.69) is 87.4 Å². The van der Waals surface area contributed by atoms with Crippen LogP contribution in [0.3, 0.4) is 0 Å². The molecule has 0 unspecified atom stereocenters. The fraction of sp³-hybridized carbons (Fsp3) is 0.290. The van der Waals surface area contributed by atoms with Crippen molar-refractivity contribution in [2.45, 2.75) is 39.5 Å². The highest BCUT2D eigenvalue weighted by molar-refractivity contribution is 7.15. The zero-order chi connectivity index (χ0) is 26.8. The van der Waals surface area contributed by atoms with Gasteiger partial charge in [-0.3, -0.25) is 15.1 Å². The van der Waals surface area contributed by atoms with Gasteiger partial charge in [-0.1, -0.05) is 30.6 Å². The topological polar surface area (TPSA) is 94.6 Å². The summed E-state index contributed by atoms with van der Waals surface area (Å²) in [7, 11) is 0. The van der Waals surface area contributed by atoms with E-state index in [0.29, 0.717) is 5.82 Å². The number of aromatic nitrogens is 5. The first-order valence-electron chi connectivity index (χ1n) is 13.5. The van der Waals surface area contributed by atoms with Gasteiger partial charge in [-0.25, -0.2) is 4.98 Å². The van der Waals surface area contributed by atoms with Crippen LogP contribution in [-0.2, 0) is 0 Å². The number of aromatic amines is 2. The number of thiophene rings is 1. The van der Waals surface area contributed by atoms with Crippen LogP contribution in [0, 0.1) is 12.8 Å². The number of hydrogen-bond donors (Lipinski definition) is 3. The first-order chi connectivity index (χ1) is 19.1. The second-order valence-corrected chi connectivity index (χ2v) is 11.7. The molecular formula is C31H33N7S. The molecule has 1 saturated carbocycles. The number of benzene rings is 1. The molecule has 0 spiro atoms. The molecule has 4 heterocycles. The predicted octanol–water partition coefficient (Wildman–Crippen LogP) is 7.31. The van der Waals surface area contributed by atoms with Crippen LogP contribution in [0.2, 0.25) is 0 Å². The van der Waals surface area contributed by atoms with Crippen LogP contribution in [0.5, 0.6) is 0 Å². The zero-order valence-electron chi connectivity index (χ0n) is 22.4. The van der Waals surface area contributed by atoms with E-state index in [0.717, 1.165) is 68.2 Å². The number of aliphatic imine (C=N–C) groups is 1. The third-order valence-electron chi connectivity index (χ3n) is 7.46. The van der Waals surface area contributed by atoms with Crippen molar-refractivity contribution in [1.82, 2.24) is 30.5 Å². The lowest BCUT2D eigenvalue weighted by atomic mass is 10.0. The average molecular weight is 536 g/mol. The number of imidazole rings is 1. The summed E-state index contributed by atoms with van der Waals surface area (Å²) in [6, 6.07) is 10.6. The van der Waals surface area contributed by atoms with Gasteiger partial charge in [-0.2, -0.15) is 5.10 Å². The number of aryl methyl sites for hydroxylation is 1. The number of pyridine rings is 1. The second kappa shape index (κ2) is 11.1. The van der Waals surface area contributed by atoms with E-state index < -0.39 is 0 Å². The number of fused-ring (bicyclic) bond motifs is 2. The summed E-state index contributed by atoms with van der Waals surface area (Å²) in [6.07, 6.45) is 13.2. The van der Waals surface area contributed by atoms with E-state index in [1.165, 1.54) is 36.1 Å². The van der Waals surface area contributed by atoms with Crippen molar-refractivity contribution < 1.29 is 0 Å². The minimum Gasteiger partial charge on any atom is -0.335 e. The largest absolute Gasteiger partial charge is 0.335 e. The lowest BCUT2D eigenvalue weighted by molar-refractivity contribution is 0.502. The quantitative estimate of drug-likeness (QED) is 0.136.